The normalized spacial score (nSPS) is 10.9. The van der Waals surface area contributed by atoms with Crippen LogP contribution in [0.25, 0.3) is 21.3 Å². The fourth-order valence-electron chi connectivity index (χ4n) is 2.29. The zero-order valence-corrected chi connectivity index (χ0v) is 12.6. The third-order valence-electron chi connectivity index (χ3n) is 3.35. The minimum absolute atomic E-state index is 0.544. The quantitative estimate of drug-likeness (QED) is 0.532. The van der Waals surface area contributed by atoms with Crippen LogP contribution in [0, 0.1) is 22.9 Å². The molecular weight excluding hydrogens is 307 g/mol. The van der Waals surface area contributed by atoms with E-state index in [1.807, 2.05) is 25.1 Å². The van der Waals surface area contributed by atoms with Crippen molar-refractivity contribution in [3.05, 3.63) is 51.8 Å². The molecule has 112 valence electrons. The Morgan fingerprint density at radius 2 is 2.09 bits per heavy atom. The van der Waals surface area contributed by atoms with Gasteiger partial charge in [0.25, 0.3) is 0 Å². The van der Waals surface area contributed by atoms with E-state index in [0.717, 1.165) is 28.7 Å². The third kappa shape index (κ3) is 2.29. The smallest absolute Gasteiger partial charge is 0.305 e. The number of aryl methyl sites for hydroxylation is 1. The van der Waals surface area contributed by atoms with Crippen LogP contribution in [0.15, 0.2) is 30.3 Å². The maximum absolute atomic E-state index is 13.7. The molecule has 1 heterocycles. The van der Waals surface area contributed by atoms with Crippen molar-refractivity contribution in [1.82, 2.24) is 4.37 Å². The Morgan fingerprint density at radius 3 is 2.77 bits per heavy atom. The van der Waals surface area contributed by atoms with E-state index in [1.54, 1.807) is 7.11 Å². The van der Waals surface area contributed by atoms with Gasteiger partial charge in [-0.3, -0.25) is 10.1 Å². The van der Waals surface area contributed by atoms with Crippen molar-refractivity contribution in [2.45, 2.75) is 6.92 Å². The predicted octanol–water partition coefficient (Wildman–Crippen LogP) is 4.33. The summed E-state index contributed by atoms with van der Waals surface area (Å²) in [7, 11) is 1.55. The number of aromatic nitrogens is 1. The summed E-state index contributed by atoms with van der Waals surface area (Å²) in [5, 5.41) is 11.5. The zero-order chi connectivity index (χ0) is 15.9. The van der Waals surface area contributed by atoms with Gasteiger partial charge in [0, 0.05) is 23.1 Å². The molecule has 1 aromatic heterocycles. The van der Waals surface area contributed by atoms with Crippen LogP contribution < -0.4 is 4.74 Å². The highest BCUT2D eigenvalue weighted by Gasteiger charge is 2.20. The summed E-state index contributed by atoms with van der Waals surface area (Å²) >= 11 is 1.10. The summed E-state index contributed by atoms with van der Waals surface area (Å²) in [6, 6.07) is 7.98. The molecule has 7 heteroatoms. The molecule has 0 saturated carbocycles. The van der Waals surface area contributed by atoms with Crippen molar-refractivity contribution in [2.75, 3.05) is 7.11 Å². The number of hydrogen-bond donors (Lipinski definition) is 0. The lowest BCUT2D eigenvalue weighted by Crippen LogP contribution is -1.93. The lowest BCUT2D eigenvalue weighted by Gasteiger charge is -2.07. The second-order valence-electron chi connectivity index (χ2n) is 4.79. The van der Waals surface area contributed by atoms with Gasteiger partial charge in [-0.25, -0.2) is 0 Å². The van der Waals surface area contributed by atoms with Crippen LogP contribution in [0.1, 0.15) is 5.56 Å². The summed E-state index contributed by atoms with van der Waals surface area (Å²) in [6.45, 7) is 1.93. The minimum atomic E-state index is -0.857. The lowest BCUT2D eigenvalue weighted by atomic mass is 10.0. The summed E-state index contributed by atoms with van der Waals surface area (Å²) in [4.78, 5) is 10.2. The zero-order valence-electron chi connectivity index (χ0n) is 11.8. The Balaban J connectivity index is 2.30. The first-order valence-corrected chi connectivity index (χ1v) is 7.17. The molecule has 0 saturated heterocycles. The molecule has 0 aliphatic rings. The molecule has 0 fully saturated rings. The number of benzene rings is 2. The molecular formula is C15H11FN2O3S. The number of methoxy groups -OCH3 is 1. The van der Waals surface area contributed by atoms with E-state index in [9.17, 15) is 14.5 Å². The van der Waals surface area contributed by atoms with E-state index < -0.39 is 16.4 Å². The van der Waals surface area contributed by atoms with Gasteiger partial charge in [0.05, 0.1) is 22.4 Å². The predicted molar refractivity (Wildman–Crippen MR) is 83.0 cm³/mol. The largest absolute Gasteiger partial charge is 0.496 e. The van der Waals surface area contributed by atoms with E-state index in [1.165, 1.54) is 6.07 Å². The average molecular weight is 318 g/mol. The van der Waals surface area contributed by atoms with Crippen molar-refractivity contribution in [3.8, 4) is 17.0 Å². The number of hydrogen-bond acceptors (Lipinski definition) is 5. The van der Waals surface area contributed by atoms with Crippen molar-refractivity contribution in [3.63, 3.8) is 0 Å². The number of nitro benzene ring substituents is 1. The van der Waals surface area contributed by atoms with E-state index in [-0.39, 0.29) is 0 Å². The monoisotopic (exact) mass is 318 g/mol. The van der Waals surface area contributed by atoms with Gasteiger partial charge in [-0.15, -0.1) is 0 Å². The number of ether oxygens (including phenoxy) is 1. The van der Waals surface area contributed by atoms with Crippen molar-refractivity contribution in [2.24, 2.45) is 0 Å². The van der Waals surface area contributed by atoms with Gasteiger partial charge in [0.15, 0.2) is 0 Å². The van der Waals surface area contributed by atoms with E-state index in [0.29, 0.717) is 21.5 Å². The fourth-order valence-corrected chi connectivity index (χ4v) is 3.09. The highest BCUT2D eigenvalue weighted by atomic mass is 32.1. The first-order chi connectivity index (χ1) is 10.5. The van der Waals surface area contributed by atoms with E-state index >= 15 is 0 Å². The van der Waals surface area contributed by atoms with Gasteiger partial charge < -0.3 is 4.74 Å². The van der Waals surface area contributed by atoms with Crippen molar-refractivity contribution >= 4 is 27.3 Å². The van der Waals surface area contributed by atoms with Crippen molar-refractivity contribution < 1.29 is 14.1 Å². The second kappa shape index (κ2) is 5.34. The highest BCUT2D eigenvalue weighted by molar-refractivity contribution is 7.13. The first-order valence-electron chi connectivity index (χ1n) is 6.39. The maximum Gasteiger partial charge on any atom is 0.305 e. The molecule has 0 amide bonds. The Hall–Kier alpha value is -2.54. The summed E-state index contributed by atoms with van der Waals surface area (Å²) in [5.74, 6) is -0.242. The van der Waals surface area contributed by atoms with Gasteiger partial charge in [-0.1, -0.05) is 11.6 Å². The van der Waals surface area contributed by atoms with E-state index in [4.69, 9.17) is 4.74 Å². The Labute approximate surface area is 129 Å². The Morgan fingerprint density at radius 1 is 1.32 bits per heavy atom. The number of nitrogens with zero attached hydrogens (tertiary/aromatic N) is 2. The third-order valence-corrected chi connectivity index (χ3v) is 4.15. The minimum Gasteiger partial charge on any atom is -0.496 e. The topological polar surface area (TPSA) is 65.3 Å². The molecule has 0 spiro atoms. The van der Waals surface area contributed by atoms with Crippen molar-refractivity contribution in [1.29, 1.82) is 0 Å². The maximum atomic E-state index is 13.7. The Kier molecular flexibility index (Phi) is 3.50. The van der Waals surface area contributed by atoms with Gasteiger partial charge in [-0.2, -0.15) is 8.76 Å². The van der Waals surface area contributed by atoms with Gasteiger partial charge >= 0.3 is 5.69 Å². The Bertz CT molecular complexity index is 892. The van der Waals surface area contributed by atoms with Crippen LogP contribution in [-0.2, 0) is 0 Å². The first kappa shape index (κ1) is 14.4. The molecule has 0 aliphatic heterocycles. The van der Waals surface area contributed by atoms with Crippen LogP contribution in [0.5, 0.6) is 5.75 Å². The molecule has 0 bridgehead atoms. The molecule has 3 aromatic rings. The standard InChI is InChI=1S/C15H11FN2O3S/c1-8-3-4-13(21-2)9(5-8)15-10-6-12(18(19)20)11(16)7-14(10)22-17-15/h3-7H,1-2H3. The van der Waals surface area contributed by atoms with E-state index in [2.05, 4.69) is 4.37 Å². The molecule has 22 heavy (non-hydrogen) atoms. The highest BCUT2D eigenvalue weighted by Crippen LogP contribution is 2.38. The van der Waals surface area contributed by atoms with Gasteiger partial charge in [0.2, 0.25) is 5.82 Å². The molecule has 5 nitrogen and oxygen atoms in total. The molecule has 2 aromatic carbocycles. The number of halogens is 1. The van der Waals surface area contributed by atoms with Crippen LogP contribution in [-0.4, -0.2) is 16.4 Å². The SMILES string of the molecule is COc1ccc(C)cc1-c1nsc2cc(F)c([N+](=O)[O-])cc12. The number of fused-ring (bicyclic) bond motifs is 1. The number of rotatable bonds is 3. The average Bonchev–Trinajstić information content (AvgIpc) is 2.88. The molecule has 3 rings (SSSR count). The second-order valence-corrected chi connectivity index (χ2v) is 5.60. The van der Waals surface area contributed by atoms with Crippen LogP contribution in [0.4, 0.5) is 10.1 Å². The molecule has 0 aliphatic carbocycles. The molecule has 0 radical (unpaired) electrons. The molecule has 0 unspecified atom stereocenters. The van der Waals surface area contributed by atoms with Gasteiger partial charge in [-0.05, 0) is 30.6 Å². The van der Waals surface area contributed by atoms with Crippen LogP contribution in [0.2, 0.25) is 0 Å². The summed E-state index contributed by atoms with van der Waals surface area (Å²) in [5.41, 5.74) is 1.74. The van der Waals surface area contributed by atoms with Gasteiger partial charge in [0.1, 0.15) is 5.75 Å². The van der Waals surface area contributed by atoms with Crippen LogP contribution >= 0.6 is 11.5 Å². The molecule has 0 atom stereocenters. The summed E-state index contributed by atoms with van der Waals surface area (Å²) in [6.07, 6.45) is 0. The lowest BCUT2D eigenvalue weighted by molar-refractivity contribution is -0.387. The summed E-state index contributed by atoms with van der Waals surface area (Å²) < 4.78 is 23.9. The fraction of sp³-hybridized carbons (Fsp3) is 0.133. The molecule has 0 N–H and O–H groups in total. The number of nitro groups is 1. The van der Waals surface area contributed by atoms with Crippen LogP contribution in [0.3, 0.4) is 0 Å².